The van der Waals surface area contributed by atoms with Gasteiger partial charge in [0.25, 0.3) is 0 Å². The van der Waals surface area contributed by atoms with E-state index in [1.807, 2.05) is 13.8 Å². The smallest absolute Gasteiger partial charge is 0.313 e. The van der Waals surface area contributed by atoms with Gasteiger partial charge in [0.05, 0.1) is 30.3 Å². The van der Waals surface area contributed by atoms with Gasteiger partial charge in [-0.15, -0.1) is 11.8 Å². The highest BCUT2D eigenvalue weighted by molar-refractivity contribution is 8.00. The molecule has 1 aliphatic heterocycles. The van der Waals surface area contributed by atoms with Gasteiger partial charge in [-0.2, -0.15) is 0 Å². The van der Waals surface area contributed by atoms with Crippen molar-refractivity contribution in [2.75, 3.05) is 24.7 Å². The zero-order valence-electron chi connectivity index (χ0n) is 9.51. The summed E-state index contributed by atoms with van der Waals surface area (Å²) in [6, 6.07) is 0.0779. The second-order valence-electron chi connectivity index (χ2n) is 3.93. The minimum absolute atomic E-state index is 0.00565. The van der Waals surface area contributed by atoms with Crippen LogP contribution in [-0.4, -0.2) is 58.7 Å². The molecule has 0 radical (unpaired) electrons. The summed E-state index contributed by atoms with van der Waals surface area (Å²) in [6.45, 7) is 5.01. The number of rotatable bonds is 4. The first-order valence-corrected chi connectivity index (χ1v) is 6.36. The van der Waals surface area contributed by atoms with Crippen molar-refractivity contribution in [1.29, 1.82) is 0 Å². The highest BCUT2D eigenvalue weighted by Crippen LogP contribution is 2.13. The Morgan fingerprint density at radius 1 is 1.44 bits per heavy atom. The van der Waals surface area contributed by atoms with Gasteiger partial charge in [0, 0.05) is 6.54 Å². The molecule has 92 valence electrons. The van der Waals surface area contributed by atoms with Gasteiger partial charge in [0.2, 0.25) is 5.91 Å². The van der Waals surface area contributed by atoms with E-state index in [0.29, 0.717) is 13.2 Å². The number of hydrogen-bond acceptors (Lipinski definition) is 4. The van der Waals surface area contributed by atoms with Crippen molar-refractivity contribution in [3.63, 3.8) is 0 Å². The van der Waals surface area contributed by atoms with E-state index >= 15 is 0 Å². The maximum absolute atomic E-state index is 11.8. The number of hydrogen-bond donors (Lipinski definition) is 1. The number of ether oxygens (including phenoxy) is 1. The summed E-state index contributed by atoms with van der Waals surface area (Å²) in [4.78, 5) is 23.9. The first kappa shape index (κ1) is 13.3. The van der Waals surface area contributed by atoms with Crippen LogP contribution in [0.3, 0.4) is 0 Å². The molecule has 1 N–H and O–H groups in total. The van der Waals surface area contributed by atoms with Gasteiger partial charge in [0.1, 0.15) is 0 Å². The molecule has 2 unspecified atom stereocenters. The van der Waals surface area contributed by atoms with E-state index in [0.717, 1.165) is 11.8 Å². The molecule has 0 spiro atoms. The molecule has 1 heterocycles. The SMILES string of the molecule is CC1CN(C(=O)CSCC(=O)O)C(C)CO1. The van der Waals surface area contributed by atoms with Crippen LogP contribution in [0.4, 0.5) is 0 Å². The Hall–Kier alpha value is -0.750. The zero-order chi connectivity index (χ0) is 12.1. The van der Waals surface area contributed by atoms with Crippen molar-refractivity contribution in [2.45, 2.75) is 26.0 Å². The van der Waals surface area contributed by atoms with Crippen molar-refractivity contribution in [3.8, 4) is 0 Å². The van der Waals surface area contributed by atoms with Gasteiger partial charge in [-0.3, -0.25) is 9.59 Å². The molecule has 1 amide bonds. The highest BCUT2D eigenvalue weighted by atomic mass is 32.2. The molecule has 6 heteroatoms. The number of amides is 1. The molecule has 0 aromatic carbocycles. The summed E-state index contributed by atoms with van der Waals surface area (Å²) >= 11 is 1.13. The number of aliphatic carboxylic acids is 1. The van der Waals surface area contributed by atoms with Crippen LogP contribution in [0.1, 0.15) is 13.8 Å². The van der Waals surface area contributed by atoms with E-state index in [4.69, 9.17) is 9.84 Å². The number of nitrogens with zero attached hydrogens (tertiary/aromatic N) is 1. The highest BCUT2D eigenvalue weighted by Gasteiger charge is 2.27. The maximum atomic E-state index is 11.8. The normalized spacial score (nSPS) is 25.5. The molecule has 1 aliphatic rings. The fraction of sp³-hybridized carbons (Fsp3) is 0.800. The molecule has 0 aromatic rings. The predicted octanol–water partition coefficient (Wildman–Crippen LogP) is 0.440. The molecule has 1 rings (SSSR count). The van der Waals surface area contributed by atoms with Crippen LogP contribution in [0, 0.1) is 0 Å². The number of morpholine rings is 1. The van der Waals surface area contributed by atoms with E-state index in [1.165, 1.54) is 0 Å². The van der Waals surface area contributed by atoms with Gasteiger partial charge in [-0.1, -0.05) is 0 Å². The summed E-state index contributed by atoms with van der Waals surface area (Å²) in [5.74, 6) is -0.696. The van der Waals surface area contributed by atoms with Crippen molar-refractivity contribution >= 4 is 23.6 Å². The minimum Gasteiger partial charge on any atom is -0.481 e. The average Bonchev–Trinajstić information content (AvgIpc) is 2.21. The van der Waals surface area contributed by atoms with E-state index in [2.05, 4.69) is 0 Å². The number of carbonyl (C=O) groups is 2. The van der Waals surface area contributed by atoms with Crippen LogP contribution in [0.2, 0.25) is 0 Å². The van der Waals surface area contributed by atoms with E-state index in [1.54, 1.807) is 4.90 Å². The summed E-state index contributed by atoms with van der Waals surface area (Å²) in [5.41, 5.74) is 0. The Bertz CT molecular complexity index is 272. The molecule has 0 aliphatic carbocycles. The topological polar surface area (TPSA) is 66.8 Å². The van der Waals surface area contributed by atoms with Crippen molar-refractivity contribution in [1.82, 2.24) is 4.90 Å². The minimum atomic E-state index is -0.888. The van der Waals surface area contributed by atoms with Crippen molar-refractivity contribution < 1.29 is 19.4 Å². The Morgan fingerprint density at radius 3 is 2.75 bits per heavy atom. The number of thioether (sulfide) groups is 1. The van der Waals surface area contributed by atoms with Crippen LogP contribution < -0.4 is 0 Å². The molecule has 0 saturated carbocycles. The van der Waals surface area contributed by atoms with Gasteiger partial charge in [0.15, 0.2) is 0 Å². The quantitative estimate of drug-likeness (QED) is 0.781. The Morgan fingerprint density at radius 2 is 2.12 bits per heavy atom. The lowest BCUT2D eigenvalue weighted by Gasteiger charge is -2.36. The van der Waals surface area contributed by atoms with Crippen LogP contribution in [0.5, 0.6) is 0 Å². The first-order chi connectivity index (χ1) is 7.50. The largest absolute Gasteiger partial charge is 0.481 e. The molecule has 2 atom stereocenters. The third-order valence-electron chi connectivity index (χ3n) is 2.38. The average molecular weight is 247 g/mol. The summed E-state index contributed by atoms with van der Waals surface area (Å²) in [5, 5.41) is 8.47. The third-order valence-corrected chi connectivity index (χ3v) is 3.28. The Labute approximate surface area is 99.1 Å². The van der Waals surface area contributed by atoms with Crippen molar-refractivity contribution in [3.05, 3.63) is 0 Å². The molecule has 16 heavy (non-hydrogen) atoms. The fourth-order valence-electron chi connectivity index (χ4n) is 1.56. The van der Waals surface area contributed by atoms with Crippen molar-refractivity contribution in [2.24, 2.45) is 0 Å². The third kappa shape index (κ3) is 4.02. The van der Waals surface area contributed by atoms with E-state index < -0.39 is 5.97 Å². The molecule has 0 bridgehead atoms. The van der Waals surface area contributed by atoms with Gasteiger partial charge in [-0.25, -0.2) is 0 Å². The summed E-state index contributed by atoms with van der Waals surface area (Å²) < 4.78 is 5.42. The van der Waals surface area contributed by atoms with Gasteiger partial charge < -0.3 is 14.7 Å². The summed E-state index contributed by atoms with van der Waals surface area (Å²) in [6.07, 6.45) is 0.0598. The number of carboxylic acids is 1. The predicted molar refractivity (Wildman–Crippen MR) is 61.5 cm³/mol. The standard InChI is InChI=1S/C10H17NO4S/c1-7-4-15-8(2)3-11(7)9(12)5-16-6-10(13)14/h7-8H,3-6H2,1-2H3,(H,13,14). The lowest BCUT2D eigenvalue weighted by Crippen LogP contribution is -2.50. The van der Waals surface area contributed by atoms with Crippen LogP contribution in [0.25, 0.3) is 0 Å². The fourth-order valence-corrected chi connectivity index (χ4v) is 2.18. The van der Waals surface area contributed by atoms with E-state index in [-0.39, 0.29) is 29.6 Å². The Balaban J connectivity index is 2.36. The molecule has 0 aromatic heterocycles. The summed E-state index contributed by atoms with van der Waals surface area (Å²) in [7, 11) is 0. The zero-order valence-corrected chi connectivity index (χ0v) is 10.3. The monoisotopic (exact) mass is 247 g/mol. The maximum Gasteiger partial charge on any atom is 0.313 e. The number of carboxylic acid groups (broad SMARTS) is 1. The first-order valence-electron chi connectivity index (χ1n) is 5.21. The second-order valence-corrected chi connectivity index (χ2v) is 4.91. The second kappa shape index (κ2) is 6.10. The lowest BCUT2D eigenvalue weighted by atomic mass is 10.2. The van der Waals surface area contributed by atoms with Crippen LogP contribution >= 0.6 is 11.8 Å². The van der Waals surface area contributed by atoms with Crippen LogP contribution in [0.15, 0.2) is 0 Å². The number of carbonyl (C=O) groups excluding carboxylic acids is 1. The van der Waals surface area contributed by atoms with E-state index in [9.17, 15) is 9.59 Å². The Kier molecular flexibility index (Phi) is 5.08. The molecule has 1 fully saturated rings. The molecule has 5 nitrogen and oxygen atoms in total. The molecular weight excluding hydrogens is 230 g/mol. The molecular formula is C10H17NO4S. The molecule has 1 saturated heterocycles. The lowest BCUT2D eigenvalue weighted by molar-refractivity contribution is -0.140. The van der Waals surface area contributed by atoms with Gasteiger partial charge >= 0.3 is 5.97 Å². The van der Waals surface area contributed by atoms with Gasteiger partial charge in [-0.05, 0) is 13.8 Å². The van der Waals surface area contributed by atoms with Crippen LogP contribution in [-0.2, 0) is 14.3 Å².